The van der Waals surface area contributed by atoms with Gasteiger partial charge in [0.05, 0.1) is 6.54 Å². The number of aliphatic imine (C=N–C) groups is 1. The summed E-state index contributed by atoms with van der Waals surface area (Å²) >= 11 is 1.68. The van der Waals surface area contributed by atoms with Gasteiger partial charge in [-0.2, -0.15) is 11.3 Å². The Labute approximate surface area is 158 Å². The van der Waals surface area contributed by atoms with Crippen molar-refractivity contribution in [2.75, 3.05) is 11.9 Å². The summed E-state index contributed by atoms with van der Waals surface area (Å²) in [5.41, 5.74) is 3.19. The van der Waals surface area contributed by atoms with Crippen molar-refractivity contribution in [2.24, 2.45) is 10.9 Å². The van der Waals surface area contributed by atoms with Crippen molar-refractivity contribution in [1.82, 2.24) is 10.6 Å². The van der Waals surface area contributed by atoms with E-state index >= 15 is 0 Å². The van der Waals surface area contributed by atoms with Crippen molar-refractivity contribution in [3.05, 3.63) is 52.2 Å². The maximum atomic E-state index is 12.1. The summed E-state index contributed by atoms with van der Waals surface area (Å²) in [5.74, 6) is 1.14. The predicted octanol–water partition coefficient (Wildman–Crippen LogP) is 3.74. The van der Waals surface area contributed by atoms with Crippen LogP contribution in [-0.2, 0) is 17.9 Å². The van der Waals surface area contributed by atoms with Crippen molar-refractivity contribution in [2.45, 2.75) is 39.3 Å². The largest absolute Gasteiger partial charge is 0.357 e. The SMILES string of the molecule is CCNC(=NCc1ccsc1)NCc1cccc(NC(=O)C2CCC2)c1. The molecule has 1 aliphatic rings. The van der Waals surface area contributed by atoms with Crippen LogP contribution in [-0.4, -0.2) is 18.4 Å². The molecule has 1 fully saturated rings. The maximum Gasteiger partial charge on any atom is 0.227 e. The third-order valence-electron chi connectivity index (χ3n) is 4.47. The molecule has 3 rings (SSSR count). The fourth-order valence-corrected chi connectivity index (χ4v) is 3.41. The van der Waals surface area contributed by atoms with Gasteiger partial charge in [0.25, 0.3) is 0 Å². The highest BCUT2D eigenvalue weighted by molar-refractivity contribution is 7.07. The number of hydrogen-bond donors (Lipinski definition) is 3. The number of amides is 1. The molecule has 5 nitrogen and oxygen atoms in total. The number of hydrogen-bond acceptors (Lipinski definition) is 3. The molecule has 1 aromatic carbocycles. The minimum atomic E-state index is 0.145. The molecule has 0 atom stereocenters. The molecule has 6 heteroatoms. The molecule has 2 aromatic rings. The molecular weight excluding hydrogens is 344 g/mol. The highest BCUT2D eigenvalue weighted by atomic mass is 32.1. The second-order valence-electron chi connectivity index (χ2n) is 6.50. The summed E-state index contributed by atoms with van der Waals surface area (Å²) in [7, 11) is 0. The van der Waals surface area contributed by atoms with E-state index in [1.165, 1.54) is 12.0 Å². The third kappa shape index (κ3) is 5.33. The third-order valence-corrected chi connectivity index (χ3v) is 5.21. The van der Waals surface area contributed by atoms with Gasteiger partial charge in [-0.15, -0.1) is 0 Å². The number of rotatable bonds is 7. The average molecular weight is 371 g/mol. The van der Waals surface area contributed by atoms with Crippen LogP contribution < -0.4 is 16.0 Å². The van der Waals surface area contributed by atoms with Crippen LogP contribution in [0.2, 0.25) is 0 Å². The molecule has 1 amide bonds. The molecule has 0 radical (unpaired) electrons. The Hall–Kier alpha value is -2.34. The minimum absolute atomic E-state index is 0.145. The molecule has 0 bridgehead atoms. The zero-order valence-corrected chi connectivity index (χ0v) is 15.9. The number of anilines is 1. The first kappa shape index (κ1) is 18.5. The molecule has 138 valence electrons. The molecule has 0 aliphatic heterocycles. The Morgan fingerprint density at radius 3 is 2.81 bits per heavy atom. The molecular formula is C20H26N4OS. The summed E-state index contributed by atoms with van der Waals surface area (Å²) in [6, 6.07) is 10.1. The van der Waals surface area contributed by atoms with Crippen LogP contribution in [0.5, 0.6) is 0 Å². The van der Waals surface area contributed by atoms with Crippen LogP contribution in [0.3, 0.4) is 0 Å². The van der Waals surface area contributed by atoms with Crippen LogP contribution in [0.1, 0.15) is 37.3 Å². The van der Waals surface area contributed by atoms with Crippen LogP contribution in [0, 0.1) is 5.92 Å². The zero-order chi connectivity index (χ0) is 18.2. The monoisotopic (exact) mass is 370 g/mol. The van der Waals surface area contributed by atoms with E-state index in [0.29, 0.717) is 13.1 Å². The van der Waals surface area contributed by atoms with Gasteiger partial charge in [-0.05, 0) is 59.9 Å². The first-order valence-corrected chi connectivity index (χ1v) is 10.1. The van der Waals surface area contributed by atoms with E-state index in [1.54, 1.807) is 11.3 Å². The van der Waals surface area contributed by atoms with E-state index in [2.05, 4.69) is 50.8 Å². The van der Waals surface area contributed by atoms with Crippen LogP contribution in [0.4, 0.5) is 5.69 Å². The van der Waals surface area contributed by atoms with Crippen molar-refractivity contribution < 1.29 is 4.79 Å². The second-order valence-corrected chi connectivity index (χ2v) is 7.28. The number of guanidine groups is 1. The first-order chi connectivity index (χ1) is 12.7. The van der Waals surface area contributed by atoms with E-state index in [4.69, 9.17) is 0 Å². The smallest absolute Gasteiger partial charge is 0.227 e. The number of benzene rings is 1. The van der Waals surface area contributed by atoms with Crippen molar-refractivity contribution >= 4 is 28.9 Å². The van der Waals surface area contributed by atoms with E-state index < -0.39 is 0 Å². The molecule has 3 N–H and O–H groups in total. The molecule has 0 saturated heterocycles. The molecule has 1 saturated carbocycles. The number of thiophene rings is 1. The Bertz CT molecular complexity index is 738. The molecule has 0 unspecified atom stereocenters. The van der Waals surface area contributed by atoms with Gasteiger partial charge in [0.15, 0.2) is 5.96 Å². The molecule has 26 heavy (non-hydrogen) atoms. The quantitative estimate of drug-likeness (QED) is 0.514. The fraction of sp³-hybridized carbons (Fsp3) is 0.400. The Morgan fingerprint density at radius 1 is 1.23 bits per heavy atom. The van der Waals surface area contributed by atoms with E-state index in [0.717, 1.165) is 36.6 Å². The predicted molar refractivity (Wildman–Crippen MR) is 108 cm³/mol. The number of nitrogens with one attached hydrogen (secondary N) is 3. The zero-order valence-electron chi connectivity index (χ0n) is 15.1. The van der Waals surface area contributed by atoms with Gasteiger partial charge in [0, 0.05) is 24.7 Å². The van der Waals surface area contributed by atoms with E-state index in [9.17, 15) is 4.79 Å². The highest BCUT2D eigenvalue weighted by Gasteiger charge is 2.25. The summed E-state index contributed by atoms with van der Waals surface area (Å²) in [6.45, 7) is 4.18. The molecule has 1 heterocycles. The summed E-state index contributed by atoms with van der Waals surface area (Å²) in [6.07, 6.45) is 3.19. The van der Waals surface area contributed by atoms with Crippen LogP contribution in [0.15, 0.2) is 46.1 Å². The number of carbonyl (C=O) groups is 1. The van der Waals surface area contributed by atoms with Crippen LogP contribution in [0.25, 0.3) is 0 Å². The van der Waals surface area contributed by atoms with Gasteiger partial charge in [0.2, 0.25) is 5.91 Å². The van der Waals surface area contributed by atoms with Gasteiger partial charge in [0.1, 0.15) is 0 Å². The van der Waals surface area contributed by atoms with Crippen LogP contribution >= 0.6 is 11.3 Å². The lowest BCUT2D eigenvalue weighted by molar-refractivity contribution is -0.122. The molecule has 0 spiro atoms. The Morgan fingerprint density at radius 2 is 2.12 bits per heavy atom. The average Bonchev–Trinajstić information content (AvgIpc) is 3.09. The second kappa shape index (κ2) is 9.38. The normalized spacial score (nSPS) is 14.6. The Balaban J connectivity index is 1.55. The van der Waals surface area contributed by atoms with Gasteiger partial charge >= 0.3 is 0 Å². The maximum absolute atomic E-state index is 12.1. The standard InChI is InChI=1S/C20H26N4OS/c1-2-21-20(23-13-16-9-10-26-14-16)22-12-15-5-3-8-18(11-15)24-19(25)17-6-4-7-17/h3,5,8-11,14,17H,2,4,6-7,12-13H2,1H3,(H,24,25)(H2,21,22,23). The van der Waals surface area contributed by atoms with E-state index in [1.807, 2.05) is 18.2 Å². The van der Waals surface area contributed by atoms with Gasteiger partial charge < -0.3 is 16.0 Å². The van der Waals surface area contributed by atoms with Crippen molar-refractivity contribution in [3.8, 4) is 0 Å². The fourth-order valence-electron chi connectivity index (χ4n) is 2.75. The highest BCUT2D eigenvalue weighted by Crippen LogP contribution is 2.27. The van der Waals surface area contributed by atoms with E-state index in [-0.39, 0.29) is 11.8 Å². The lowest BCUT2D eigenvalue weighted by Crippen LogP contribution is -2.36. The summed E-state index contributed by atoms with van der Waals surface area (Å²) in [5, 5.41) is 13.8. The summed E-state index contributed by atoms with van der Waals surface area (Å²) < 4.78 is 0. The topological polar surface area (TPSA) is 65.5 Å². The summed E-state index contributed by atoms with van der Waals surface area (Å²) in [4.78, 5) is 16.7. The molecule has 1 aliphatic carbocycles. The lowest BCUT2D eigenvalue weighted by Gasteiger charge is -2.24. The van der Waals surface area contributed by atoms with Crippen molar-refractivity contribution in [3.63, 3.8) is 0 Å². The Kier molecular flexibility index (Phi) is 6.66. The first-order valence-electron chi connectivity index (χ1n) is 9.17. The van der Waals surface area contributed by atoms with Gasteiger partial charge in [-0.25, -0.2) is 4.99 Å². The van der Waals surface area contributed by atoms with Gasteiger partial charge in [-0.1, -0.05) is 18.6 Å². The number of nitrogens with zero attached hydrogens (tertiary/aromatic N) is 1. The van der Waals surface area contributed by atoms with Gasteiger partial charge in [-0.3, -0.25) is 4.79 Å². The molecule has 1 aromatic heterocycles. The number of carbonyl (C=O) groups excluding carboxylic acids is 1. The minimum Gasteiger partial charge on any atom is -0.357 e. The van der Waals surface area contributed by atoms with Crippen molar-refractivity contribution in [1.29, 1.82) is 0 Å². The lowest BCUT2D eigenvalue weighted by atomic mass is 9.85.